The van der Waals surface area contributed by atoms with Gasteiger partial charge in [0.1, 0.15) is 17.1 Å². The summed E-state index contributed by atoms with van der Waals surface area (Å²) in [5, 5.41) is 0.726. The van der Waals surface area contributed by atoms with Gasteiger partial charge in [0.15, 0.2) is 23.0 Å². The zero-order valence-corrected chi connectivity index (χ0v) is 17.2. The van der Waals surface area contributed by atoms with Crippen LogP contribution >= 0.6 is 0 Å². The molecule has 1 unspecified atom stereocenters. The lowest BCUT2D eigenvalue weighted by Crippen LogP contribution is -2.19. The minimum Gasteiger partial charge on any atom is -0.456 e. The molecule has 0 N–H and O–H groups in total. The zero-order chi connectivity index (χ0) is 21.9. The van der Waals surface area contributed by atoms with Gasteiger partial charge >= 0.3 is 5.63 Å². The number of para-hydroxylation sites is 1. The summed E-state index contributed by atoms with van der Waals surface area (Å²) >= 11 is 0. The number of rotatable bonds is 2. The highest BCUT2D eigenvalue weighted by Gasteiger charge is 2.31. The van der Waals surface area contributed by atoms with Gasteiger partial charge in [-0.2, -0.15) is 0 Å². The Bertz CT molecular complexity index is 1530. The Hall–Kier alpha value is -4.39. The largest absolute Gasteiger partial charge is 0.456 e. The average molecular weight is 440 g/mol. The Morgan fingerprint density at radius 2 is 1.48 bits per heavy atom. The summed E-state index contributed by atoms with van der Waals surface area (Å²) in [6, 6.07) is 18.7. The molecule has 0 radical (unpaired) electrons. The van der Waals surface area contributed by atoms with E-state index in [1.165, 1.54) is 0 Å². The second kappa shape index (κ2) is 6.80. The maximum atomic E-state index is 13.1. The number of hydrogen-bond acceptors (Lipinski definition) is 7. The number of ether oxygens (including phenoxy) is 5. The second-order valence-electron chi connectivity index (χ2n) is 7.92. The van der Waals surface area contributed by atoms with Gasteiger partial charge in [-0.05, 0) is 54.1 Å². The molecule has 7 heteroatoms. The molecule has 0 fully saturated rings. The minimum atomic E-state index is -0.438. The van der Waals surface area contributed by atoms with Gasteiger partial charge in [-0.3, -0.25) is 0 Å². The van der Waals surface area contributed by atoms with Gasteiger partial charge in [0.25, 0.3) is 0 Å². The van der Waals surface area contributed by atoms with Crippen molar-refractivity contribution < 1.29 is 28.1 Å². The summed E-state index contributed by atoms with van der Waals surface area (Å²) in [7, 11) is 0. The molecular formula is C26H16O7. The lowest BCUT2D eigenvalue weighted by Gasteiger charge is -2.25. The quantitative estimate of drug-likeness (QED) is 0.414. The first-order valence-electron chi connectivity index (χ1n) is 10.5. The number of hydrogen-bond donors (Lipinski definition) is 0. The molecule has 4 heterocycles. The zero-order valence-electron chi connectivity index (χ0n) is 17.2. The summed E-state index contributed by atoms with van der Waals surface area (Å²) in [5.41, 5.74) is 2.15. The topological polar surface area (TPSA) is 76.4 Å². The summed E-state index contributed by atoms with van der Waals surface area (Å²) in [6.07, 6.45) is 1.92. The summed E-state index contributed by atoms with van der Waals surface area (Å²) in [5.74, 6) is 3.34. The molecule has 0 amide bonds. The molecule has 3 aliphatic heterocycles. The summed E-state index contributed by atoms with van der Waals surface area (Å²) < 4.78 is 34.0. The van der Waals surface area contributed by atoms with Crippen molar-refractivity contribution >= 4 is 16.7 Å². The van der Waals surface area contributed by atoms with E-state index in [2.05, 4.69) is 0 Å². The van der Waals surface area contributed by atoms with Crippen LogP contribution in [0.2, 0.25) is 0 Å². The van der Waals surface area contributed by atoms with Gasteiger partial charge in [-0.25, -0.2) is 4.79 Å². The van der Waals surface area contributed by atoms with E-state index < -0.39 is 11.5 Å². The molecule has 0 saturated heterocycles. The monoisotopic (exact) mass is 440 g/mol. The van der Waals surface area contributed by atoms with Crippen LogP contribution in [-0.4, -0.2) is 13.6 Å². The van der Waals surface area contributed by atoms with E-state index in [4.69, 9.17) is 28.1 Å². The van der Waals surface area contributed by atoms with E-state index in [0.717, 1.165) is 16.5 Å². The third-order valence-corrected chi connectivity index (χ3v) is 6.05. The number of allylic oxidation sites excluding steroid dienone is 1. The van der Waals surface area contributed by atoms with Gasteiger partial charge in [-0.15, -0.1) is 0 Å². The molecule has 33 heavy (non-hydrogen) atoms. The van der Waals surface area contributed by atoms with Crippen LogP contribution in [0.1, 0.15) is 22.6 Å². The fraction of sp³-hybridized carbons (Fsp3) is 0.115. The fourth-order valence-electron chi connectivity index (χ4n) is 4.47. The molecule has 3 aromatic carbocycles. The van der Waals surface area contributed by atoms with Crippen LogP contribution in [0.5, 0.6) is 28.7 Å². The van der Waals surface area contributed by atoms with Crippen molar-refractivity contribution in [2.45, 2.75) is 5.92 Å². The molecule has 3 aliphatic rings. The predicted molar refractivity (Wildman–Crippen MR) is 118 cm³/mol. The molecule has 0 bridgehead atoms. The molecule has 1 aromatic heterocycles. The molecule has 0 saturated carbocycles. The number of fused-ring (bicyclic) bond motifs is 5. The highest BCUT2D eigenvalue weighted by atomic mass is 16.7. The third-order valence-electron chi connectivity index (χ3n) is 6.05. The van der Waals surface area contributed by atoms with Gasteiger partial charge in [0.2, 0.25) is 13.6 Å². The minimum absolute atomic E-state index is 0.175. The Kier molecular flexibility index (Phi) is 3.75. The van der Waals surface area contributed by atoms with Crippen LogP contribution in [-0.2, 0) is 0 Å². The summed E-state index contributed by atoms with van der Waals surface area (Å²) in [4.78, 5) is 13.1. The molecule has 7 nitrogen and oxygen atoms in total. The van der Waals surface area contributed by atoms with Crippen molar-refractivity contribution in [3.8, 4) is 28.7 Å². The van der Waals surface area contributed by atoms with Gasteiger partial charge in [0.05, 0.1) is 10.9 Å². The van der Waals surface area contributed by atoms with E-state index in [1.54, 1.807) is 6.07 Å². The smallest absolute Gasteiger partial charge is 0.344 e. The predicted octanol–water partition coefficient (Wildman–Crippen LogP) is 4.82. The Morgan fingerprint density at radius 1 is 0.758 bits per heavy atom. The summed E-state index contributed by atoms with van der Waals surface area (Å²) in [6.45, 7) is 0.362. The molecule has 1 atom stereocenters. The van der Waals surface area contributed by atoms with E-state index in [9.17, 15) is 4.79 Å². The molecule has 0 aliphatic carbocycles. The van der Waals surface area contributed by atoms with Crippen LogP contribution in [0.15, 0.2) is 76.0 Å². The number of benzene rings is 3. The molecular weight excluding hydrogens is 424 g/mol. The van der Waals surface area contributed by atoms with E-state index in [-0.39, 0.29) is 13.6 Å². The SMILES string of the molecule is O=c1oc2ccccc2c2c1C(c1ccc3c(c1)OCO3)C=C(c1ccc3c(c1)OCO3)O2. The molecule has 162 valence electrons. The van der Waals surface area contributed by atoms with Crippen molar-refractivity contribution in [1.82, 2.24) is 0 Å². The van der Waals surface area contributed by atoms with Gasteiger partial charge < -0.3 is 28.1 Å². The Labute approximate surface area is 187 Å². The van der Waals surface area contributed by atoms with Crippen molar-refractivity contribution in [2.75, 3.05) is 13.6 Å². The first-order chi connectivity index (χ1) is 16.2. The fourth-order valence-corrected chi connectivity index (χ4v) is 4.47. The standard InChI is InChI=1S/C26H16O7/c27-26-24-17(14-5-7-19-22(9-14)30-12-28-19)11-21(15-6-8-20-23(10-15)31-13-29-20)32-25(24)16-3-1-2-4-18(16)33-26/h1-11,17H,12-13H2. The molecule has 0 spiro atoms. The van der Waals surface area contributed by atoms with Crippen LogP contribution in [0, 0.1) is 0 Å². The lowest BCUT2D eigenvalue weighted by atomic mass is 9.87. The van der Waals surface area contributed by atoms with Crippen LogP contribution in [0.3, 0.4) is 0 Å². The Morgan fingerprint density at radius 3 is 2.33 bits per heavy atom. The van der Waals surface area contributed by atoms with Gasteiger partial charge in [-0.1, -0.05) is 18.2 Å². The maximum absolute atomic E-state index is 13.1. The highest BCUT2D eigenvalue weighted by Crippen LogP contribution is 2.46. The van der Waals surface area contributed by atoms with Gasteiger partial charge in [0, 0.05) is 11.5 Å². The van der Waals surface area contributed by atoms with E-state index >= 15 is 0 Å². The van der Waals surface area contributed by atoms with Crippen LogP contribution < -0.4 is 29.3 Å². The van der Waals surface area contributed by atoms with Crippen LogP contribution in [0.4, 0.5) is 0 Å². The van der Waals surface area contributed by atoms with Crippen molar-refractivity contribution in [3.05, 3.63) is 93.9 Å². The van der Waals surface area contributed by atoms with E-state index in [0.29, 0.717) is 45.7 Å². The first kappa shape index (κ1) is 18.2. The third kappa shape index (κ3) is 2.79. The maximum Gasteiger partial charge on any atom is 0.344 e. The normalized spacial score (nSPS) is 17.5. The average Bonchev–Trinajstić information content (AvgIpc) is 3.51. The Balaban J connectivity index is 1.46. The van der Waals surface area contributed by atoms with Crippen molar-refractivity contribution in [3.63, 3.8) is 0 Å². The molecule has 7 rings (SSSR count). The lowest BCUT2D eigenvalue weighted by molar-refractivity contribution is 0.173. The van der Waals surface area contributed by atoms with Crippen molar-refractivity contribution in [1.29, 1.82) is 0 Å². The van der Waals surface area contributed by atoms with E-state index in [1.807, 2.05) is 60.7 Å². The van der Waals surface area contributed by atoms with Crippen molar-refractivity contribution in [2.24, 2.45) is 0 Å². The highest BCUT2D eigenvalue weighted by molar-refractivity contribution is 5.87. The molecule has 4 aromatic rings. The first-order valence-corrected chi connectivity index (χ1v) is 10.5. The second-order valence-corrected chi connectivity index (χ2v) is 7.92. The van der Waals surface area contributed by atoms with Crippen LogP contribution in [0.25, 0.3) is 16.7 Å².